The molecule has 1 nitrogen and oxygen atoms in total. The Kier molecular flexibility index (Phi) is 3.42. The Balaban J connectivity index is 0.000000531. The van der Waals surface area contributed by atoms with Crippen LogP contribution in [0.4, 0.5) is 8.78 Å². The Morgan fingerprint density at radius 1 is 1.27 bits per heavy atom. The van der Waals surface area contributed by atoms with Crippen molar-refractivity contribution in [1.82, 2.24) is 4.98 Å². The molecule has 15 heavy (non-hydrogen) atoms. The van der Waals surface area contributed by atoms with Crippen LogP contribution < -0.4 is 0 Å². The first-order chi connectivity index (χ1) is 7.02. The average Bonchev–Trinajstić information content (AvgIpc) is 2.19. The Hall–Kier alpha value is -0.990. The van der Waals surface area contributed by atoms with Gasteiger partial charge in [0, 0.05) is 30.7 Å². The van der Waals surface area contributed by atoms with Crippen molar-refractivity contribution in [2.45, 2.75) is 45.0 Å². The first-order valence-electron chi connectivity index (χ1n) is 5.30. The number of rotatable bonds is 1. The van der Waals surface area contributed by atoms with E-state index in [0.717, 1.165) is 5.56 Å². The topological polar surface area (TPSA) is 12.9 Å². The van der Waals surface area contributed by atoms with E-state index < -0.39 is 5.92 Å². The van der Waals surface area contributed by atoms with Gasteiger partial charge in [-0.3, -0.25) is 4.98 Å². The summed E-state index contributed by atoms with van der Waals surface area (Å²) < 4.78 is 25.4. The lowest BCUT2D eigenvalue weighted by atomic mass is 9.64. The number of alkyl halides is 2. The largest absolute Gasteiger partial charge is 0.264 e. The summed E-state index contributed by atoms with van der Waals surface area (Å²) in [6.45, 7) is 5.86. The summed E-state index contributed by atoms with van der Waals surface area (Å²) in [5.41, 5.74) is 0.554. The first kappa shape index (κ1) is 12.1. The minimum Gasteiger partial charge on any atom is -0.264 e. The molecule has 1 aromatic rings. The van der Waals surface area contributed by atoms with Gasteiger partial charge in [-0.05, 0) is 11.6 Å². The third-order valence-electron chi connectivity index (χ3n) is 2.66. The predicted molar refractivity (Wildman–Crippen MR) is 57.1 cm³/mol. The lowest BCUT2D eigenvalue weighted by molar-refractivity contribution is -0.121. The Labute approximate surface area is 89.5 Å². The molecular formula is C12H17F2N. The zero-order valence-corrected chi connectivity index (χ0v) is 9.43. The fourth-order valence-corrected chi connectivity index (χ4v) is 2.01. The molecule has 1 heterocycles. The molecule has 0 atom stereocenters. The van der Waals surface area contributed by atoms with E-state index in [9.17, 15) is 8.78 Å². The second kappa shape index (κ2) is 4.25. The number of nitrogens with zero attached hydrogens (tertiary/aromatic N) is 1. The number of hydrogen-bond acceptors (Lipinski definition) is 1. The quantitative estimate of drug-likeness (QED) is 0.691. The van der Waals surface area contributed by atoms with Gasteiger partial charge in [0.2, 0.25) is 5.92 Å². The Morgan fingerprint density at radius 2 is 1.87 bits per heavy atom. The van der Waals surface area contributed by atoms with E-state index in [1.807, 2.05) is 26.8 Å². The van der Waals surface area contributed by atoms with Crippen LogP contribution in [0, 0.1) is 0 Å². The van der Waals surface area contributed by atoms with E-state index in [2.05, 4.69) is 4.98 Å². The molecule has 0 aliphatic heterocycles. The van der Waals surface area contributed by atoms with Crippen molar-refractivity contribution in [2.75, 3.05) is 0 Å². The van der Waals surface area contributed by atoms with Crippen LogP contribution in [-0.4, -0.2) is 10.9 Å². The number of halogens is 2. The lowest BCUT2D eigenvalue weighted by Crippen LogP contribution is -2.47. The van der Waals surface area contributed by atoms with E-state index in [1.165, 1.54) is 0 Å². The van der Waals surface area contributed by atoms with Gasteiger partial charge < -0.3 is 0 Å². The first-order valence-corrected chi connectivity index (χ1v) is 5.30. The van der Waals surface area contributed by atoms with Gasteiger partial charge in [0.1, 0.15) is 0 Å². The van der Waals surface area contributed by atoms with Crippen molar-refractivity contribution in [3.63, 3.8) is 0 Å². The number of pyridine rings is 1. The zero-order valence-electron chi connectivity index (χ0n) is 9.43. The second-order valence-corrected chi connectivity index (χ2v) is 4.01. The van der Waals surface area contributed by atoms with E-state index in [-0.39, 0.29) is 18.3 Å². The molecule has 1 aliphatic carbocycles. The molecule has 1 saturated carbocycles. The molecule has 0 amide bonds. The monoisotopic (exact) mass is 213 g/mol. The van der Waals surface area contributed by atoms with Crippen LogP contribution in [0.2, 0.25) is 0 Å². The van der Waals surface area contributed by atoms with Crippen LogP contribution in [0.15, 0.2) is 24.5 Å². The Morgan fingerprint density at radius 3 is 2.27 bits per heavy atom. The molecule has 0 N–H and O–H groups in total. The third-order valence-corrected chi connectivity index (χ3v) is 2.66. The smallest absolute Gasteiger partial charge is 0.249 e. The van der Waals surface area contributed by atoms with Crippen LogP contribution in [-0.2, 0) is 5.41 Å². The molecule has 1 aromatic heterocycles. The van der Waals surface area contributed by atoms with E-state index in [0.29, 0.717) is 0 Å². The summed E-state index contributed by atoms with van der Waals surface area (Å²) in [5.74, 6) is -2.47. The van der Waals surface area contributed by atoms with Crippen molar-refractivity contribution in [3.05, 3.63) is 30.1 Å². The lowest BCUT2D eigenvalue weighted by Gasteiger charge is -2.45. The molecule has 84 valence electrons. The normalized spacial score (nSPS) is 20.9. The van der Waals surface area contributed by atoms with Crippen molar-refractivity contribution < 1.29 is 8.78 Å². The van der Waals surface area contributed by atoms with Gasteiger partial charge in [0.25, 0.3) is 0 Å². The summed E-state index contributed by atoms with van der Waals surface area (Å²) in [6.07, 6.45) is 3.23. The molecule has 1 aliphatic rings. The summed E-state index contributed by atoms with van der Waals surface area (Å²) in [6, 6.07) is 3.65. The molecule has 0 aromatic carbocycles. The SMILES string of the molecule is CC.CC1(c2cccnc2)CC(F)(F)C1. The minimum atomic E-state index is -2.47. The van der Waals surface area contributed by atoms with Gasteiger partial charge in [-0.25, -0.2) is 8.78 Å². The van der Waals surface area contributed by atoms with Crippen molar-refractivity contribution in [3.8, 4) is 0 Å². The van der Waals surface area contributed by atoms with Crippen molar-refractivity contribution in [1.29, 1.82) is 0 Å². The molecule has 0 spiro atoms. The van der Waals surface area contributed by atoms with Gasteiger partial charge in [-0.15, -0.1) is 0 Å². The average molecular weight is 213 g/mol. The fraction of sp³-hybridized carbons (Fsp3) is 0.583. The molecule has 0 unspecified atom stereocenters. The molecular weight excluding hydrogens is 196 g/mol. The highest BCUT2D eigenvalue weighted by Crippen LogP contribution is 2.52. The summed E-state index contributed by atoms with van der Waals surface area (Å²) >= 11 is 0. The van der Waals surface area contributed by atoms with Gasteiger partial charge in [0.15, 0.2) is 0 Å². The highest BCUT2D eigenvalue weighted by atomic mass is 19.3. The third kappa shape index (κ3) is 2.52. The number of hydrogen-bond donors (Lipinski definition) is 0. The van der Waals surface area contributed by atoms with Crippen molar-refractivity contribution >= 4 is 0 Å². The van der Waals surface area contributed by atoms with Crippen LogP contribution >= 0.6 is 0 Å². The second-order valence-electron chi connectivity index (χ2n) is 4.01. The van der Waals surface area contributed by atoms with Crippen LogP contribution in [0.3, 0.4) is 0 Å². The molecule has 0 bridgehead atoms. The molecule has 0 saturated heterocycles. The predicted octanol–water partition coefficient (Wildman–Crippen LogP) is 3.79. The standard InChI is InChI=1S/C10H11F2N.C2H6/c1-9(6-10(11,12)7-9)8-3-2-4-13-5-8;1-2/h2-5H,6-7H2,1H3;1-2H3. The van der Waals surface area contributed by atoms with Gasteiger partial charge in [-0.2, -0.15) is 0 Å². The highest BCUT2D eigenvalue weighted by molar-refractivity contribution is 5.26. The van der Waals surface area contributed by atoms with E-state index >= 15 is 0 Å². The molecule has 0 radical (unpaired) electrons. The van der Waals surface area contributed by atoms with Crippen LogP contribution in [0.5, 0.6) is 0 Å². The van der Waals surface area contributed by atoms with Gasteiger partial charge in [-0.1, -0.05) is 26.8 Å². The maximum atomic E-state index is 12.7. The van der Waals surface area contributed by atoms with Gasteiger partial charge in [0.05, 0.1) is 0 Å². The van der Waals surface area contributed by atoms with Crippen molar-refractivity contribution in [2.24, 2.45) is 0 Å². The maximum absolute atomic E-state index is 12.7. The molecule has 1 fully saturated rings. The summed E-state index contributed by atoms with van der Waals surface area (Å²) in [7, 11) is 0. The minimum absolute atomic E-state index is 0.0499. The summed E-state index contributed by atoms with van der Waals surface area (Å²) in [4.78, 5) is 3.94. The maximum Gasteiger partial charge on any atom is 0.249 e. The van der Waals surface area contributed by atoms with E-state index in [4.69, 9.17) is 0 Å². The highest BCUT2D eigenvalue weighted by Gasteiger charge is 2.54. The van der Waals surface area contributed by atoms with E-state index in [1.54, 1.807) is 18.5 Å². The zero-order chi connectivity index (χ0) is 11.5. The van der Waals surface area contributed by atoms with Crippen LogP contribution in [0.25, 0.3) is 0 Å². The molecule has 3 heteroatoms. The summed E-state index contributed by atoms with van der Waals surface area (Å²) in [5, 5.41) is 0. The number of aromatic nitrogens is 1. The molecule has 2 rings (SSSR count). The van der Waals surface area contributed by atoms with Crippen LogP contribution in [0.1, 0.15) is 39.2 Å². The van der Waals surface area contributed by atoms with Gasteiger partial charge >= 0.3 is 0 Å². The Bertz CT molecular complexity index is 301. The fourth-order valence-electron chi connectivity index (χ4n) is 2.01.